The van der Waals surface area contributed by atoms with Crippen molar-refractivity contribution in [1.29, 1.82) is 0 Å². The second-order valence-electron chi connectivity index (χ2n) is 4.76. The molecule has 0 bridgehead atoms. The Balaban J connectivity index is 2.48. The number of carbonyl (C=O) groups excluding carboxylic acids is 1. The van der Waals surface area contributed by atoms with Gasteiger partial charge >= 0.3 is 0 Å². The minimum absolute atomic E-state index is 0.222. The van der Waals surface area contributed by atoms with Crippen LogP contribution in [0.5, 0.6) is 11.5 Å². The topological polar surface area (TPSA) is 35.5 Å². The van der Waals surface area contributed by atoms with Gasteiger partial charge in [0.05, 0.1) is 0 Å². The van der Waals surface area contributed by atoms with Gasteiger partial charge in [-0.3, -0.25) is 0 Å². The van der Waals surface area contributed by atoms with Crippen LogP contribution < -0.4 is 9.47 Å². The highest BCUT2D eigenvalue weighted by molar-refractivity contribution is 5.57. The molecule has 0 aromatic heterocycles. The van der Waals surface area contributed by atoms with Gasteiger partial charge in [0, 0.05) is 12.0 Å². The van der Waals surface area contributed by atoms with Gasteiger partial charge in [0.15, 0.2) is 11.5 Å². The molecule has 1 aliphatic heterocycles. The van der Waals surface area contributed by atoms with E-state index in [2.05, 4.69) is 26.8 Å². The van der Waals surface area contributed by atoms with Crippen LogP contribution in [-0.2, 0) is 4.79 Å². The lowest BCUT2D eigenvalue weighted by molar-refractivity contribution is -0.108. The maximum atomic E-state index is 10.6. The zero-order valence-electron chi connectivity index (χ0n) is 10.5. The molecular formula is C14H18O3. The monoisotopic (exact) mass is 234 g/mol. The Hall–Kier alpha value is -1.51. The van der Waals surface area contributed by atoms with E-state index in [9.17, 15) is 4.79 Å². The van der Waals surface area contributed by atoms with Gasteiger partial charge in [-0.2, -0.15) is 0 Å². The fourth-order valence-electron chi connectivity index (χ4n) is 2.31. The molecule has 1 aromatic rings. The van der Waals surface area contributed by atoms with Crippen molar-refractivity contribution in [3.63, 3.8) is 0 Å². The molecule has 0 fully saturated rings. The van der Waals surface area contributed by atoms with Crippen molar-refractivity contribution in [1.82, 2.24) is 0 Å². The molecule has 1 heterocycles. The Morgan fingerprint density at radius 3 is 2.71 bits per heavy atom. The Kier molecular flexibility index (Phi) is 3.36. The molecule has 1 aliphatic rings. The Labute approximate surface area is 102 Å². The summed E-state index contributed by atoms with van der Waals surface area (Å²) in [4.78, 5) is 10.6. The van der Waals surface area contributed by atoms with E-state index >= 15 is 0 Å². The van der Waals surface area contributed by atoms with E-state index in [1.54, 1.807) is 0 Å². The first-order chi connectivity index (χ1) is 8.15. The molecule has 0 spiro atoms. The van der Waals surface area contributed by atoms with Crippen LogP contribution >= 0.6 is 0 Å². The van der Waals surface area contributed by atoms with Crippen molar-refractivity contribution in [2.45, 2.75) is 39.0 Å². The molecule has 2 rings (SSSR count). The molecule has 0 N–H and O–H groups in total. The number of carbonyl (C=O) groups is 1. The molecule has 0 saturated heterocycles. The third-order valence-electron chi connectivity index (χ3n) is 3.17. The van der Waals surface area contributed by atoms with E-state index in [1.165, 1.54) is 11.1 Å². The molecule has 1 aromatic carbocycles. The van der Waals surface area contributed by atoms with Crippen molar-refractivity contribution in [2.75, 3.05) is 6.79 Å². The number of hydrogen-bond donors (Lipinski definition) is 0. The van der Waals surface area contributed by atoms with Crippen LogP contribution in [0.2, 0.25) is 0 Å². The SMILES string of the molecule is CC(C)c1c(C(C)CC=O)ccc2c1OCO2. The van der Waals surface area contributed by atoms with E-state index in [4.69, 9.17) is 9.47 Å². The molecule has 0 saturated carbocycles. The molecule has 92 valence electrons. The number of ether oxygens (including phenoxy) is 2. The standard InChI is InChI=1S/C14H18O3/c1-9(2)13-11(10(3)6-7-15)4-5-12-14(13)17-8-16-12/h4-5,7,9-10H,6,8H2,1-3H3. The van der Waals surface area contributed by atoms with Crippen molar-refractivity contribution < 1.29 is 14.3 Å². The van der Waals surface area contributed by atoms with Crippen LogP contribution in [0.4, 0.5) is 0 Å². The number of fused-ring (bicyclic) bond motifs is 1. The van der Waals surface area contributed by atoms with Crippen LogP contribution in [0.3, 0.4) is 0 Å². The van der Waals surface area contributed by atoms with Crippen LogP contribution in [0.1, 0.15) is 50.2 Å². The number of benzene rings is 1. The molecule has 0 amide bonds. The molecule has 3 heteroatoms. The van der Waals surface area contributed by atoms with Crippen molar-refractivity contribution in [2.24, 2.45) is 0 Å². The van der Waals surface area contributed by atoms with Crippen LogP contribution in [-0.4, -0.2) is 13.1 Å². The first kappa shape index (κ1) is 12.0. The van der Waals surface area contributed by atoms with Gasteiger partial charge in [0.2, 0.25) is 6.79 Å². The van der Waals surface area contributed by atoms with Crippen molar-refractivity contribution >= 4 is 6.29 Å². The first-order valence-corrected chi connectivity index (χ1v) is 6.01. The van der Waals surface area contributed by atoms with Crippen LogP contribution in [0.15, 0.2) is 12.1 Å². The second kappa shape index (κ2) is 4.78. The van der Waals surface area contributed by atoms with E-state index in [0.29, 0.717) is 19.1 Å². The lowest BCUT2D eigenvalue weighted by Gasteiger charge is -2.19. The molecular weight excluding hydrogens is 216 g/mol. The summed E-state index contributed by atoms with van der Waals surface area (Å²) in [6.45, 7) is 6.63. The van der Waals surface area contributed by atoms with Crippen LogP contribution in [0.25, 0.3) is 0 Å². The van der Waals surface area contributed by atoms with Crippen molar-refractivity contribution in [3.8, 4) is 11.5 Å². The third-order valence-corrected chi connectivity index (χ3v) is 3.17. The number of rotatable bonds is 4. The van der Waals surface area contributed by atoms with Gasteiger partial charge in [0.25, 0.3) is 0 Å². The normalized spacial score (nSPS) is 15.1. The van der Waals surface area contributed by atoms with Gasteiger partial charge in [0.1, 0.15) is 6.29 Å². The molecule has 17 heavy (non-hydrogen) atoms. The van der Waals surface area contributed by atoms with E-state index in [1.807, 2.05) is 6.07 Å². The summed E-state index contributed by atoms with van der Waals surface area (Å²) in [5.41, 5.74) is 2.37. The average Bonchev–Trinajstić information content (AvgIpc) is 2.75. The van der Waals surface area contributed by atoms with Gasteiger partial charge in [-0.15, -0.1) is 0 Å². The predicted octanol–water partition coefficient (Wildman–Crippen LogP) is 3.23. The number of aldehydes is 1. The summed E-state index contributed by atoms with van der Waals surface area (Å²) < 4.78 is 10.9. The van der Waals surface area contributed by atoms with Gasteiger partial charge in [-0.1, -0.05) is 26.8 Å². The Morgan fingerprint density at radius 2 is 2.06 bits per heavy atom. The first-order valence-electron chi connectivity index (χ1n) is 6.01. The zero-order chi connectivity index (χ0) is 12.4. The summed E-state index contributed by atoms with van der Waals surface area (Å²) in [7, 11) is 0. The van der Waals surface area contributed by atoms with Gasteiger partial charge in [-0.05, 0) is 23.5 Å². The van der Waals surface area contributed by atoms with Gasteiger partial charge < -0.3 is 14.3 Å². The highest BCUT2D eigenvalue weighted by Gasteiger charge is 2.24. The fourth-order valence-corrected chi connectivity index (χ4v) is 2.31. The third kappa shape index (κ3) is 2.14. The van der Waals surface area contributed by atoms with Crippen molar-refractivity contribution in [3.05, 3.63) is 23.3 Å². The quantitative estimate of drug-likeness (QED) is 0.750. The average molecular weight is 234 g/mol. The maximum absolute atomic E-state index is 10.6. The van der Waals surface area contributed by atoms with E-state index < -0.39 is 0 Å². The summed E-state index contributed by atoms with van der Waals surface area (Å²) in [5, 5.41) is 0. The summed E-state index contributed by atoms with van der Waals surface area (Å²) in [6.07, 6.45) is 1.51. The Morgan fingerprint density at radius 1 is 1.29 bits per heavy atom. The maximum Gasteiger partial charge on any atom is 0.231 e. The van der Waals surface area contributed by atoms with Crippen LogP contribution in [0, 0.1) is 0 Å². The summed E-state index contributed by atoms with van der Waals surface area (Å²) >= 11 is 0. The zero-order valence-corrected chi connectivity index (χ0v) is 10.5. The molecule has 0 aliphatic carbocycles. The molecule has 0 radical (unpaired) electrons. The largest absolute Gasteiger partial charge is 0.454 e. The van der Waals surface area contributed by atoms with Gasteiger partial charge in [-0.25, -0.2) is 0 Å². The molecule has 3 nitrogen and oxygen atoms in total. The minimum Gasteiger partial charge on any atom is -0.454 e. The Bertz CT molecular complexity index is 424. The molecule has 1 unspecified atom stereocenters. The second-order valence-corrected chi connectivity index (χ2v) is 4.76. The minimum atomic E-state index is 0.222. The summed E-state index contributed by atoms with van der Waals surface area (Å²) in [6, 6.07) is 3.99. The predicted molar refractivity (Wildman–Crippen MR) is 65.8 cm³/mol. The highest BCUT2D eigenvalue weighted by atomic mass is 16.7. The fraction of sp³-hybridized carbons (Fsp3) is 0.500. The smallest absolute Gasteiger partial charge is 0.231 e. The summed E-state index contributed by atoms with van der Waals surface area (Å²) in [5.74, 6) is 2.25. The highest BCUT2D eigenvalue weighted by Crippen LogP contribution is 2.43. The van der Waals surface area contributed by atoms with E-state index in [0.717, 1.165) is 17.8 Å². The van der Waals surface area contributed by atoms with E-state index in [-0.39, 0.29) is 5.92 Å². The lowest BCUT2D eigenvalue weighted by Crippen LogP contribution is -2.03. The number of hydrogen-bond acceptors (Lipinski definition) is 3. The molecule has 1 atom stereocenters. The lowest BCUT2D eigenvalue weighted by atomic mass is 9.87.